The molecule has 0 amide bonds. The molecule has 0 bridgehead atoms. The van der Waals surface area contributed by atoms with E-state index in [9.17, 15) is 4.79 Å². The lowest BCUT2D eigenvalue weighted by molar-refractivity contribution is 0.0429. The van der Waals surface area contributed by atoms with Gasteiger partial charge in [-0.25, -0.2) is 4.79 Å². The van der Waals surface area contributed by atoms with Gasteiger partial charge in [0.1, 0.15) is 19.0 Å². The molecule has 3 aromatic rings. The van der Waals surface area contributed by atoms with Crippen LogP contribution in [0, 0.1) is 0 Å². The molecule has 0 radical (unpaired) electrons. The summed E-state index contributed by atoms with van der Waals surface area (Å²) in [7, 11) is 0. The number of fused-ring (bicyclic) bond motifs is 1. The minimum absolute atomic E-state index is 0.214. The van der Waals surface area contributed by atoms with Crippen molar-refractivity contribution in [2.45, 2.75) is 13.3 Å². The van der Waals surface area contributed by atoms with E-state index in [0.717, 1.165) is 11.1 Å². The van der Waals surface area contributed by atoms with Gasteiger partial charge in [-0.05, 0) is 5.56 Å². The summed E-state index contributed by atoms with van der Waals surface area (Å²) < 4.78 is 17.9. The van der Waals surface area contributed by atoms with Crippen molar-refractivity contribution in [2.75, 3.05) is 12.5 Å². The van der Waals surface area contributed by atoms with E-state index in [1.54, 1.807) is 23.0 Å². The molecule has 0 saturated carbocycles. The van der Waals surface area contributed by atoms with Gasteiger partial charge in [0.2, 0.25) is 0 Å². The summed E-state index contributed by atoms with van der Waals surface area (Å²) in [5.41, 5.74) is 2.73. The molecule has 120 valence electrons. The van der Waals surface area contributed by atoms with E-state index in [1.807, 2.05) is 30.3 Å². The minimum Gasteiger partial charge on any atom is -0.463 e. The van der Waals surface area contributed by atoms with Crippen LogP contribution in [0.2, 0.25) is 0 Å². The minimum atomic E-state index is -0.422. The van der Waals surface area contributed by atoms with Gasteiger partial charge in [-0.15, -0.1) is 11.6 Å². The normalized spacial score (nSPS) is 11.0. The van der Waals surface area contributed by atoms with Crippen molar-refractivity contribution in [3.8, 4) is 0 Å². The van der Waals surface area contributed by atoms with Gasteiger partial charge in [0, 0.05) is 18.0 Å². The average molecular weight is 334 g/mol. The molecule has 23 heavy (non-hydrogen) atoms. The Morgan fingerprint density at radius 2 is 2.04 bits per heavy atom. The number of nitrogens with zero attached hydrogens (tertiary/aromatic N) is 1. The number of aromatic nitrogens is 1. The molecule has 0 N–H and O–H groups in total. The number of ether oxygens (including phenoxy) is 2. The highest BCUT2D eigenvalue weighted by Crippen LogP contribution is 2.22. The molecule has 5 nitrogen and oxygen atoms in total. The summed E-state index contributed by atoms with van der Waals surface area (Å²) in [6, 6.07) is 13.0. The number of carbonyl (C=O) groups excluding carboxylic acids is 1. The molecule has 2 aromatic heterocycles. The molecule has 0 atom stereocenters. The van der Waals surface area contributed by atoms with Gasteiger partial charge in [-0.3, -0.25) is 0 Å². The standard InChI is InChI=1S/C17H16ClNO4/c18-7-9-21-12-19-14-6-8-22-16(14)10-15(19)17(20)23-11-13-4-2-1-3-5-13/h1-6,8,10H,7,9,11-12H2. The highest BCUT2D eigenvalue weighted by atomic mass is 35.5. The maximum Gasteiger partial charge on any atom is 0.355 e. The molecular formula is C17H16ClNO4. The van der Waals surface area contributed by atoms with Crippen molar-refractivity contribution in [3.05, 3.63) is 60.0 Å². The molecule has 3 rings (SSSR count). The molecular weight excluding hydrogens is 318 g/mol. The van der Waals surface area contributed by atoms with Crippen LogP contribution in [0.5, 0.6) is 0 Å². The highest BCUT2D eigenvalue weighted by molar-refractivity contribution is 6.17. The Labute approximate surface area is 138 Å². The van der Waals surface area contributed by atoms with Crippen molar-refractivity contribution in [3.63, 3.8) is 0 Å². The van der Waals surface area contributed by atoms with E-state index in [0.29, 0.717) is 23.8 Å². The topological polar surface area (TPSA) is 53.6 Å². The molecule has 0 saturated heterocycles. The molecule has 1 aromatic carbocycles. The lowest BCUT2D eigenvalue weighted by Crippen LogP contribution is -2.14. The predicted molar refractivity (Wildman–Crippen MR) is 86.4 cm³/mol. The van der Waals surface area contributed by atoms with Gasteiger partial charge < -0.3 is 18.5 Å². The Kier molecular flexibility index (Phi) is 5.00. The monoisotopic (exact) mass is 333 g/mol. The first kappa shape index (κ1) is 15.6. The van der Waals surface area contributed by atoms with E-state index in [-0.39, 0.29) is 13.3 Å². The van der Waals surface area contributed by atoms with Gasteiger partial charge in [-0.2, -0.15) is 0 Å². The Morgan fingerprint density at radius 1 is 1.22 bits per heavy atom. The second-order valence-corrected chi connectivity index (χ2v) is 5.29. The smallest absolute Gasteiger partial charge is 0.355 e. The van der Waals surface area contributed by atoms with Crippen molar-refractivity contribution in [1.29, 1.82) is 0 Å². The maximum absolute atomic E-state index is 12.4. The van der Waals surface area contributed by atoms with Crippen LogP contribution < -0.4 is 0 Å². The zero-order valence-electron chi connectivity index (χ0n) is 12.4. The van der Waals surface area contributed by atoms with Crippen LogP contribution in [0.15, 0.2) is 53.1 Å². The summed E-state index contributed by atoms with van der Waals surface area (Å²) in [6.45, 7) is 0.831. The van der Waals surface area contributed by atoms with Crippen molar-refractivity contribution >= 4 is 28.7 Å². The Morgan fingerprint density at radius 3 is 2.83 bits per heavy atom. The third-order valence-corrected chi connectivity index (χ3v) is 3.54. The Balaban J connectivity index is 1.76. The summed E-state index contributed by atoms with van der Waals surface area (Å²) >= 11 is 5.61. The second-order valence-electron chi connectivity index (χ2n) is 4.92. The molecule has 0 spiro atoms. The van der Waals surface area contributed by atoms with E-state index >= 15 is 0 Å². The summed E-state index contributed by atoms with van der Waals surface area (Å²) in [5.74, 6) is -0.0291. The first-order valence-corrected chi connectivity index (χ1v) is 7.74. The predicted octanol–water partition coefficient (Wildman–Crippen LogP) is 3.80. The molecule has 0 fully saturated rings. The first-order chi connectivity index (χ1) is 11.3. The zero-order valence-corrected chi connectivity index (χ0v) is 13.2. The maximum atomic E-state index is 12.4. The largest absolute Gasteiger partial charge is 0.463 e. The van der Waals surface area contributed by atoms with E-state index in [2.05, 4.69) is 0 Å². The molecule has 0 aliphatic heterocycles. The first-order valence-electron chi connectivity index (χ1n) is 7.21. The number of esters is 1. The van der Waals surface area contributed by atoms with Gasteiger partial charge in [0.15, 0.2) is 5.58 Å². The van der Waals surface area contributed by atoms with Gasteiger partial charge in [0.05, 0.1) is 18.4 Å². The van der Waals surface area contributed by atoms with Crippen LogP contribution in [0.25, 0.3) is 11.1 Å². The fourth-order valence-electron chi connectivity index (χ4n) is 2.29. The molecule has 0 aliphatic rings. The third kappa shape index (κ3) is 3.57. The average Bonchev–Trinajstić information content (AvgIpc) is 3.16. The second kappa shape index (κ2) is 7.35. The number of rotatable bonds is 7. The number of hydrogen-bond donors (Lipinski definition) is 0. The van der Waals surface area contributed by atoms with Crippen LogP contribution in [0.1, 0.15) is 16.1 Å². The number of alkyl halides is 1. The molecule has 2 heterocycles. The molecule has 6 heteroatoms. The summed E-state index contributed by atoms with van der Waals surface area (Å²) in [4.78, 5) is 12.4. The fourth-order valence-corrected chi connectivity index (χ4v) is 2.40. The van der Waals surface area contributed by atoms with Gasteiger partial charge in [-0.1, -0.05) is 30.3 Å². The van der Waals surface area contributed by atoms with Crippen LogP contribution >= 0.6 is 11.6 Å². The van der Waals surface area contributed by atoms with Crippen LogP contribution in [0.4, 0.5) is 0 Å². The summed E-state index contributed by atoms with van der Waals surface area (Å²) in [5, 5.41) is 0. The van der Waals surface area contributed by atoms with Crippen LogP contribution in [-0.2, 0) is 22.8 Å². The fraction of sp³-hybridized carbons (Fsp3) is 0.235. The van der Waals surface area contributed by atoms with Crippen molar-refractivity contribution in [1.82, 2.24) is 4.57 Å². The lowest BCUT2D eigenvalue weighted by atomic mass is 10.2. The van der Waals surface area contributed by atoms with Crippen LogP contribution in [0.3, 0.4) is 0 Å². The lowest BCUT2D eigenvalue weighted by Gasteiger charge is -2.10. The van der Waals surface area contributed by atoms with Crippen molar-refractivity contribution in [2.24, 2.45) is 0 Å². The van der Waals surface area contributed by atoms with Crippen molar-refractivity contribution < 1.29 is 18.7 Å². The van der Waals surface area contributed by atoms with E-state index in [4.69, 9.17) is 25.5 Å². The van der Waals surface area contributed by atoms with Gasteiger partial charge >= 0.3 is 5.97 Å². The number of benzene rings is 1. The molecule has 0 aliphatic carbocycles. The molecule has 0 unspecified atom stereocenters. The third-order valence-electron chi connectivity index (χ3n) is 3.39. The summed E-state index contributed by atoms with van der Waals surface area (Å²) in [6.07, 6.45) is 1.57. The number of carbonyl (C=O) groups is 1. The van der Waals surface area contributed by atoms with E-state index < -0.39 is 5.97 Å². The Hall–Kier alpha value is -2.24. The zero-order chi connectivity index (χ0) is 16.1. The number of halogens is 1. The highest BCUT2D eigenvalue weighted by Gasteiger charge is 2.18. The Bertz CT molecular complexity index is 778. The quantitative estimate of drug-likeness (QED) is 0.375. The SMILES string of the molecule is O=C(OCc1ccccc1)c1cc2occc2n1COCCCl. The number of furan rings is 1. The van der Waals surface area contributed by atoms with E-state index in [1.165, 1.54) is 0 Å². The van der Waals surface area contributed by atoms with Gasteiger partial charge in [0.25, 0.3) is 0 Å². The number of hydrogen-bond acceptors (Lipinski definition) is 4. The van der Waals surface area contributed by atoms with Crippen LogP contribution in [-0.4, -0.2) is 23.0 Å².